The number of aryl methyl sites for hydroxylation is 2. The van der Waals surface area contributed by atoms with Gasteiger partial charge < -0.3 is 15.0 Å². The molecule has 2 N–H and O–H groups in total. The second kappa shape index (κ2) is 5.46. The van der Waals surface area contributed by atoms with Gasteiger partial charge in [0.2, 0.25) is 0 Å². The van der Waals surface area contributed by atoms with Gasteiger partial charge in [0, 0.05) is 13.6 Å². The summed E-state index contributed by atoms with van der Waals surface area (Å²) >= 11 is 0. The Hall–Kier alpha value is -1.53. The first-order valence-corrected chi connectivity index (χ1v) is 6.44. The fourth-order valence-electron chi connectivity index (χ4n) is 2.02. The van der Waals surface area contributed by atoms with Crippen LogP contribution in [-0.2, 0) is 13.6 Å². The molecular formula is C14H19F2N3O. The van der Waals surface area contributed by atoms with Gasteiger partial charge in [-0.15, -0.1) is 0 Å². The number of alkyl halides is 2. The van der Waals surface area contributed by atoms with E-state index in [1.807, 2.05) is 36.7 Å². The van der Waals surface area contributed by atoms with Crippen molar-refractivity contribution in [3.05, 3.63) is 29.6 Å². The van der Waals surface area contributed by atoms with E-state index in [9.17, 15) is 13.9 Å². The van der Waals surface area contributed by atoms with E-state index in [4.69, 9.17) is 0 Å². The van der Waals surface area contributed by atoms with Gasteiger partial charge in [-0.25, -0.2) is 13.8 Å². The van der Waals surface area contributed by atoms with Crippen molar-refractivity contribution in [1.29, 1.82) is 0 Å². The van der Waals surface area contributed by atoms with E-state index in [-0.39, 0.29) is 6.54 Å². The number of imidazole rings is 1. The molecule has 0 aliphatic heterocycles. The molecule has 2 aromatic rings. The summed E-state index contributed by atoms with van der Waals surface area (Å²) in [4.78, 5) is 4.47. The molecule has 0 radical (unpaired) electrons. The topological polar surface area (TPSA) is 50.1 Å². The molecule has 2 rings (SSSR count). The number of aliphatic hydroxyl groups is 1. The first kappa shape index (κ1) is 14.9. The third kappa shape index (κ3) is 2.96. The molecule has 0 aliphatic carbocycles. The molecule has 1 unspecified atom stereocenters. The Morgan fingerprint density at radius 2 is 2.15 bits per heavy atom. The minimum absolute atomic E-state index is 0.188. The molecule has 1 aromatic heterocycles. The molecule has 0 amide bonds. The number of nitrogens with one attached hydrogen (secondary N) is 1. The van der Waals surface area contributed by atoms with Crippen LogP contribution < -0.4 is 5.32 Å². The van der Waals surface area contributed by atoms with Crippen LogP contribution in [0.5, 0.6) is 0 Å². The van der Waals surface area contributed by atoms with Gasteiger partial charge in [0.25, 0.3) is 6.43 Å². The lowest BCUT2D eigenvalue weighted by atomic mass is 10.1. The average molecular weight is 283 g/mol. The van der Waals surface area contributed by atoms with E-state index in [1.54, 1.807) is 0 Å². The first-order chi connectivity index (χ1) is 9.31. The van der Waals surface area contributed by atoms with Crippen LogP contribution in [0, 0.1) is 6.92 Å². The lowest BCUT2D eigenvalue weighted by Gasteiger charge is -2.22. The SMILES string of the molecule is Cc1ccc2c(c1)nc(CNCC(C)(O)C(F)F)n2C. The van der Waals surface area contributed by atoms with Crippen molar-refractivity contribution < 1.29 is 13.9 Å². The molecule has 1 atom stereocenters. The molecule has 6 heteroatoms. The Balaban J connectivity index is 2.09. The van der Waals surface area contributed by atoms with Gasteiger partial charge in [-0.1, -0.05) is 6.07 Å². The maximum Gasteiger partial charge on any atom is 0.267 e. The highest BCUT2D eigenvalue weighted by atomic mass is 19.3. The van der Waals surface area contributed by atoms with E-state index < -0.39 is 12.0 Å². The summed E-state index contributed by atoms with van der Waals surface area (Å²) in [5.74, 6) is 0.746. The van der Waals surface area contributed by atoms with Gasteiger partial charge in [0.15, 0.2) is 0 Å². The quantitative estimate of drug-likeness (QED) is 0.882. The Labute approximate surface area is 116 Å². The number of nitrogens with zero attached hydrogens (tertiary/aromatic N) is 2. The number of fused-ring (bicyclic) bond motifs is 1. The van der Waals surface area contributed by atoms with Crippen LogP contribution in [0.15, 0.2) is 18.2 Å². The normalized spacial score (nSPS) is 14.9. The third-order valence-electron chi connectivity index (χ3n) is 3.37. The standard InChI is InChI=1S/C14H19F2N3O/c1-9-4-5-11-10(6-9)18-12(19(11)3)7-17-8-14(2,20)13(15)16/h4-6,13,17,20H,7-8H2,1-3H3. The molecule has 0 saturated carbocycles. The predicted octanol–water partition coefficient (Wildman–Crippen LogP) is 1.99. The number of aromatic nitrogens is 2. The highest BCUT2D eigenvalue weighted by Gasteiger charge is 2.31. The van der Waals surface area contributed by atoms with Gasteiger partial charge in [-0.2, -0.15) is 0 Å². The van der Waals surface area contributed by atoms with E-state index in [0.717, 1.165) is 29.3 Å². The van der Waals surface area contributed by atoms with Crippen LogP contribution in [0.1, 0.15) is 18.3 Å². The average Bonchev–Trinajstić information content (AvgIpc) is 2.65. The molecular weight excluding hydrogens is 264 g/mol. The summed E-state index contributed by atoms with van der Waals surface area (Å²) in [6.07, 6.45) is -2.78. The zero-order valence-corrected chi connectivity index (χ0v) is 11.8. The molecule has 4 nitrogen and oxygen atoms in total. The summed E-state index contributed by atoms with van der Waals surface area (Å²) in [6.45, 7) is 3.24. The van der Waals surface area contributed by atoms with Crippen LogP contribution in [-0.4, -0.2) is 33.2 Å². The number of hydrogen-bond donors (Lipinski definition) is 2. The van der Waals surface area contributed by atoms with E-state index in [0.29, 0.717) is 6.54 Å². The number of rotatable bonds is 5. The number of halogens is 2. The molecule has 0 aliphatic rings. The lowest BCUT2D eigenvalue weighted by Crippen LogP contribution is -2.43. The molecule has 1 heterocycles. The van der Waals surface area contributed by atoms with Crippen LogP contribution >= 0.6 is 0 Å². The van der Waals surface area contributed by atoms with Crippen molar-refractivity contribution in [1.82, 2.24) is 14.9 Å². The minimum atomic E-state index is -2.78. The van der Waals surface area contributed by atoms with Gasteiger partial charge in [0.05, 0.1) is 17.6 Å². The Morgan fingerprint density at radius 3 is 2.80 bits per heavy atom. The Morgan fingerprint density at radius 1 is 1.45 bits per heavy atom. The molecule has 0 spiro atoms. The predicted molar refractivity (Wildman–Crippen MR) is 73.8 cm³/mol. The zero-order chi connectivity index (χ0) is 14.9. The summed E-state index contributed by atoms with van der Waals surface area (Å²) < 4.78 is 27.0. The summed E-state index contributed by atoms with van der Waals surface area (Å²) in [6, 6.07) is 5.97. The molecule has 110 valence electrons. The fourth-order valence-corrected chi connectivity index (χ4v) is 2.02. The number of hydrogen-bond acceptors (Lipinski definition) is 3. The highest BCUT2D eigenvalue weighted by Crippen LogP contribution is 2.17. The van der Waals surface area contributed by atoms with Crippen molar-refractivity contribution in [2.75, 3.05) is 6.54 Å². The Bertz CT molecular complexity index is 608. The van der Waals surface area contributed by atoms with Crippen molar-refractivity contribution in [3.63, 3.8) is 0 Å². The van der Waals surface area contributed by atoms with Gasteiger partial charge in [0.1, 0.15) is 11.4 Å². The van der Waals surface area contributed by atoms with Crippen molar-refractivity contribution in [2.45, 2.75) is 32.4 Å². The maximum absolute atomic E-state index is 12.5. The van der Waals surface area contributed by atoms with Crippen LogP contribution in [0.2, 0.25) is 0 Å². The lowest BCUT2D eigenvalue weighted by molar-refractivity contribution is -0.0810. The maximum atomic E-state index is 12.5. The van der Waals surface area contributed by atoms with Crippen LogP contribution in [0.25, 0.3) is 11.0 Å². The Kier molecular flexibility index (Phi) is 4.06. The van der Waals surface area contributed by atoms with Crippen LogP contribution in [0.4, 0.5) is 8.78 Å². The summed E-state index contributed by atoms with van der Waals surface area (Å²) in [7, 11) is 1.88. The fraction of sp³-hybridized carbons (Fsp3) is 0.500. The van der Waals surface area contributed by atoms with Gasteiger partial charge in [-0.05, 0) is 31.5 Å². The van der Waals surface area contributed by atoms with E-state index in [1.165, 1.54) is 0 Å². The summed E-state index contributed by atoms with van der Waals surface area (Å²) in [5, 5.41) is 12.3. The molecule has 0 fully saturated rings. The van der Waals surface area contributed by atoms with Crippen molar-refractivity contribution in [2.24, 2.45) is 7.05 Å². The molecule has 1 aromatic carbocycles. The minimum Gasteiger partial charge on any atom is -0.383 e. The first-order valence-electron chi connectivity index (χ1n) is 6.44. The van der Waals surface area contributed by atoms with Crippen LogP contribution in [0.3, 0.4) is 0 Å². The second-order valence-corrected chi connectivity index (χ2v) is 5.34. The van der Waals surface area contributed by atoms with E-state index in [2.05, 4.69) is 10.3 Å². The smallest absolute Gasteiger partial charge is 0.267 e. The highest BCUT2D eigenvalue weighted by molar-refractivity contribution is 5.76. The van der Waals surface area contributed by atoms with Crippen molar-refractivity contribution in [3.8, 4) is 0 Å². The third-order valence-corrected chi connectivity index (χ3v) is 3.37. The van der Waals surface area contributed by atoms with Gasteiger partial charge in [-0.3, -0.25) is 0 Å². The second-order valence-electron chi connectivity index (χ2n) is 5.34. The molecule has 0 saturated heterocycles. The summed E-state index contributed by atoms with van der Waals surface area (Å²) in [5.41, 5.74) is 0.968. The van der Waals surface area contributed by atoms with E-state index >= 15 is 0 Å². The largest absolute Gasteiger partial charge is 0.383 e. The molecule has 0 bridgehead atoms. The van der Waals surface area contributed by atoms with Crippen molar-refractivity contribution >= 4 is 11.0 Å². The molecule has 20 heavy (non-hydrogen) atoms. The monoisotopic (exact) mass is 283 g/mol. The zero-order valence-electron chi connectivity index (χ0n) is 11.8. The van der Waals surface area contributed by atoms with Gasteiger partial charge >= 0.3 is 0 Å². The number of benzene rings is 1.